The average Bonchev–Trinajstić information content (AvgIpc) is 2.52. The molecule has 1 saturated heterocycles. The zero-order valence-corrected chi connectivity index (χ0v) is 13.8. The molecule has 0 spiro atoms. The van der Waals surface area contributed by atoms with Crippen LogP contribution in [0.2, 0.25) is 0 Å². The Labute approximate surface area is 143 Å². The van der Waals surface area contributed by atoms with E-state index in [0.717, 1.165) is 12.1 Å². The number of esters is 1. The van der Waals surface area contributed by atoms with Crippen LogP contribution in [0.3, 0.4) is 0 Å². The summed E-state index contributed by atoms with van der Waals surface area (Å²) < 4.78 is 5.23. The number of rotatable bonds is 5. The standard InChI is InChI=1S/C16H19N3O6/c1-8(2)7-25-15(21)13-9(3)17-16(22)18-14(13)10-4-5-12(20)11(6-10)19(23)24/h4-6,8,13-14,20H,3,7H2,1-2H3,(H2,17,18,22). The Hall–Kier alpha value is -3.10. The first-order chi connectivity index (χ1) is 11.7. The first kappa shape index (κ1) is 18.2. The molecule has 0 radical (unpaired) electrons. The first-order valence-electron chi connectivity index (χ1n) is 7.61. The lowest BCUT2D eigenvalue weighted by Crippen LogP contribution is -2.51. The molecule has 9 nitrogen and oxygen atoms in total. The van der Waals surface area contributed by atoms with Gasteiger partial charge in [0.1, 0.15) is 5.92 Å². The molecule has 1 aromatic rings. The minimum atomic E-state index is -0.958. The van der Waals surface area contributed by atoms with E-state index in [2.05, 4.69) is 17.2 Å². The van der Waals surface area contributed by atoms with Gasteiger partial charge in [-0.15, -0.1) is 0 Å². The van der Waals surface area contributed by atoms with Gasteiger partial charge in [-0.2, -0.15) is 0 Å². The number of aromatic hydroxyl groups is 1. The summed E-state index contributed by atoms with van der Waals surface area (Å²) >= 11 is 0. The molecule has 1 aromatic carbocycles. The number of nitro benzene ring substituents is 1. The fraction of sp³-hybridized carbons (Fsp3) is 0.375. The fourth-order valence-corrected chi connectivity index (χ4v) is 2.46. The second kappa shape index (κ2) is 7.20. The monoisotopic (exact) mass is 349 g/mol. The van der Waals surface area contributed by atoms with Crippen molar-refractivity contribution in [1.82, 2.24) is 10.6 Å². The number of carbonyl (C=O) groups is 2. The predicted octanol–water partition coefficient (Wildman–Crippen LogP) is 1.98. The molecule has 1 aliphatic heterocycles. The van der Waals surface area contributed by atoms with Gasteiger partial charge in [-0.3, -0.25) is 14.9 Å². The van der Waals surface area contributed by atoms with Crippen molar-refractivity contribution in [3.8, 4) is 5.75 Å². The Bertz CT molecular complexity index is 731. The summed E-state index contributed by atoms with van der Waals surface area (Å²) in [5.74, 6) is -1.95. The van der Waals surface area contributed by atoms with Crippen LogP contribution < -0.4 is 10.6 Å². The lowest BCUT2D eigenvalue weighted by atomic mass is 9.88. The van der Waals surface area contributed by atoms with Gasteiger partial charge in [0.2, 0.25) is 0 Å². The van der Waals surface area contributed by atoms with E-state index >= 15 is 0 Å². The summed E-state index contributed by atoms with van der Waals surface area (Å²) in [5, 5.41) is 25.6. The smallest absolute Gasteiger partial charge is 0.319 e. The van der Waals surface area contributed by atoms with Crippen molar-refractivity contribution in [3.63, 3.8) is 0 Å². The molecular weight excluding hydrogens is 330 g/mol. The van der Waals surface area contributed by atoms with E-state index < -0.39 is 40.3 Å². The maximum absolute atomic E-state index is 12.4. The van der Waals surface area contributed by atoms with Crippen molar-refractivity contribution in [3.05, 3.63) is 46.2 Å². The van der Waals surface area contributed by atoms with Crippen LogP contribution in [0.5, 0.6) is 5.75 Å². The molecule has 2 rings (SSSR count). The van der Waals surface area contributed by atoms with Gasteiger partial charge in [0.25, 0.3) is 0 Å². The highest BCUT2D eigenvalue weighted by molar-refractivity contribution is 5.85. The van der Waals surface area contributed by atoms with E-state index in [0.29, 0.717) is 0 Å². The van der Waals surface area contributed by atoms with Crippen molar-refractivity contribution in [2.24, 2.45) is 11.8 Å². The number of phenols is 1. The largest absolute Gasteiger partial charge is 0.502 e. The maximum atomic E-state index is 12.4. The molecule has 25 heavy (non-hydrogen) atoms. The van der Waals surface area contributed by atoms with E-state index in [-0.39, 0.29) is 23.8 Å². The number of nitrogens with zero attached hydrogens (tertiary/aromatic N) is 1. The number of nitrogens with one attached hydrogen (secondary N) is 2. The maximum Gasteiger partial charge on any atom is 0.319 e. The van der Waals surface area contributed by atoms with Crippen molar-refractivity contribution >= 4 is 17.7 Å². The molecule has 0 aromatic heterocycles. The highest BCUT2D eigenvalue weighted by atomic mass is 16.6. The van der Waals surface area contributed by atoms with Crippen LogP contribution in [0.1, 0.15) is 25.5 Å². The summed E-state index contributed by atoms with van der Waals surface area (Å²) in [6, 6.07) is 2.16. The number of hydrogen-bond donors (Lipinski definition) is 3. The SMILES string of the molecule is C=C1NC(=O)NC(c2ccc(O)c([N+](=O)[O-])c2)C1C(=O)OCC(C)C. The summed E-state index contributed by atoms with van der Waals surface area (Å²) in [7, 11) is 0. The quantitative estimate of drug-likeness (QED) is 0.423. The van der Waals surface area contributed by atoms with Gasteiger partial charge < -0.3 is 20.5 Å². The van der Waals surface area contributed by atoms with Crippen LogP contribution in [-0.2, 0) is 9.53 Å². The first-order valence-corrected chi connectivity index (χ1v) is 7.61. The Morgan fingerprint density at radius 1 is 1.48 bits per heavy atom. The van der Waals surface area contributed by atoms with Crippen LogP contribution in [0.4, 0.5) is 10.5 Å². The lowest BCUT2D eigenvalue weighted by Gasteiger charge is -2.33. The number of amides is 2. The lowest BCUT2D eigenvalue weighted by molar-refractivity contribution is -0.385. The third-order valence-electron chi connectivity index (χ3n) is 3.64. The molecule has 1 fully saturated rings. The fourth-order valence-electron chi connectivity index (χ4n) is 2.46. The molecule has 3 N–H and O–H groups in total. The van der Waals surface area contributed by atoms with Crippen molar-refractivity contribution in [2.75, 3.05) is 6.61 Å². The Morgan fingerprint density at radius 2 is 2.16 bits per heavy atom. The van der Waals surface area contributed by atoms with E-state index in [1.165, 1.54) is 6.07 Å². The van der Waals surface area contributed by atoms with Gasteiger partial charge in [-0.05, 0) is 17.5 Å². The Kier molecular flexibility index (Phi) is 5.26. The molecule has 2 unspecified atom stereocenters. The number of urea groups is 1. The van der Waals surface area contributed by atoms with Crippen LogP contribution in [0.25, 0.3) is 0 Å². The normalized spacial score (nSPS) is 20.0. The molecule has 9 heteroatoms. The van der Waals surface area contributed by atoms with E-state index in [1.54, 1.807) is 0 Å². The Balaban J connectivity index is 2.38. The zero-order chi connectivity index (χ0) is 18.7. The summed E-state index contributed by atoms with van der Waals surface area (Å²) in [6.07, 6.45) is 0. The average molecular weight is 349 g/mol. The minimum absolute atomic E-state index is 0.122. The van der Waals surface area contributed by atoms with Crippen molar-refractivity contribution in [1.29, 1.82) is 0 Å². The third-order valence-corrected chi connectivity index (χ3v) is 3.64. The molecule has 0 bridgehead atoms. The molecular formula is C16H19N3O6. The molecule has 0 saturated carbocycles. The van der Waals surface area contributed by atoms with Gasteiger partial charge in [-0.1, -0.05) is 26.5 Å². The van der Waals surface area contributed by atoms with Crippen molar-refractivity contribution < 1.29 is 24.4 Å². The van der Waals surface area contributed by atoms with Gasteiger partial charge in [0, 0.05) is 11.8 Å². The second-order valence-electron chi connectivity index (χ2n) is 6.11. The molecule has 134 valence electrons. The summed E-state index contributed by atoms with van der Waals surface area (Å²) in [5.41, 5.74) is -0.101. The van der Waals surface area contributed by atoms with Crippen LogP contribution in [-0.4, -0.2) is 28.6 Å². The predicted molar refractivity (Wildman–Crippen MR) is 87.6 cm³/mol. The van der Waals surface area contributed by atoms with Crippen molar-refractivity contribution in [2.45, 2.75) is 19.9 Å². The Morgan fingerprint density at radius 3 is 2.76 bits per heavy atom. The molecule has 2 atom stereocenters. The number of nitro groups is 1. The molecule has 1 aliphatic rings. The number of phenolic OH excluding ortho intramolecular Hbond substituents is 1. The highest BCUT2D eigenvalue weighted by Gasteiger charge is 2.39. The highest BCUT2D eigenvalue weighted by Crippen LogP contribution is 2.35. The molecule has 2 amide bonds. The number of hydrogen-bond acceptors (Lipinski definition) is 6. The van der Waals surface area contributed by atoms with Crippen LogP contribution >= 0.6 is 0 Å². The summed E-state index contributed by atoms with van der Waals surface area (Å²) in [4.78, 5) is 34.5. The number of carbonyl (C=O) groups excluding carboxylic acids is 2. The van der Waals surface area contributed by atoms with Gasteiger partial charge >= 0.3 is 17.7 Å². The van der Waals surface area contributed by atoms with Crippen LogP contribution in [0, 0.1) is 22.0 Å². The number of ether oxygens (including phenoxy) is 1. The van der Waals surface area contributed by atoms with Gasteiger partial charge in [-0.25, -0.2) is 4.79 Å². The second-order valence-corrected chi connectivity index (χ2v) is 6.11. The minimum Gasteiger partial charge on any atom is -0.502 e. The third kappa shape index (κ3) is 4.06. The van der Waals surface area contributed by atoms with E-state index in [9.17, 15) is 24.8 Å². The molecule has 1 heterocycles. The molecule has 0 aliphatic carbocycles. The topological polar surface area (TPSA) is 131 Å². The summed E-state index contributed by atoms with van der Waals surface area (Å²) in [6.45, 7) is 7.64. The zero-order valence-electron chi connectivity index (χ0n) is 13.8. The van der Waals surface area contributed by atoms with E-state index in [4.69, 9.17) is 4.74 Å². The van der Waals surface area contributed by atoms with E-state index in [1.807, 2.05) is 13.8 Å². The van der Waals surface area contributed by atoms with Gasteiger partial charge in [0.05, 0.1) is 17.6 Å². The van der Waals surface area contributed by atoms with Gasteiger partial charge in [0.15, 0.2) is 5.75 Å². The number of benzene rings is 1. The van der Waals surface area contributed by atoms with Crippen LogP contribution in [0.15, 0.2) is 30.5 Å².